The van der Waals surface area contributed by atoms with Crippen molar-refractivity contribution in [2.45, 2.75) is 18.3 Å². The van der Waals surface area contributed by atoms with Gasteiger partial charge in [-0.15, -0.1) is 11.3 Å². The number of aromatic nitrogens is 2. The molecule has 4 nitrogen and oxygen atoms in total. The summed E-state index contributed by atoms with van der Waals surface area (Å²) in [6, 6.07) is 0. The molecule has 3 heterocycles. The van der Waals surface area contributed by atoms with Crippen molar-refractivity contribution in [1.82, 2.24) is 9.38 Å². The quantitative estimate of drug-likeness (QED) is 0.859. The zero-order valence-corrected chi connectivity index (χ0v) is 9.87. The number of ether oxygens (including phenoxy) is 1. The van der Waals surface area contributed by atoms with Crippen molar-refractivity contribution in [3.05, 3.63) is 23.5 Å². The first-order valence-electron chi connectivity index (χ1n) is 5.55. The van der Waals surface area contributed by atoms with Crippen molar-refractivity contribution in [2.24, 2.45) is 5.73 Å². The highest BCUT2D eigenvalue weighted by molar-refractivity contribution is 7.15. The molecule has 0 aliphatic carbocycles. The predicted molar refractivity (Wildman–Crippen MR) is 63.9 cm³/mol. The number of hydrogen-bond acceptors (Lipinski definition) is 4. The van der Waals surface area contributed by atoms with Crippen LogP contribution in [0.3, 0.4) is 0 Å². The van der Waals surface area contributed by atoms with Gasteiger partial charge in [0.05, 0.1) is 0 Å². The summed E-state index contributed by atoms with van der Waals surface area (Å²) in [4.78, 5) is 5.36. The highest BCUT2D eigenvalue weighted by Crippen LogP contribution is 2.35. The van der Waals surface area contributed by atoms with E-state index in [1.165, 1.54) is 5.69 Å². The normalized spacial score (nSPS) is 20.3. The topological polar surface area (TPSA) is 52.5 Å². The molecule has 1 aliphatic rings. The molecular weight excluding hydrogens is 222 g/mol. The Morgan fingerprint density at radius 2 is 2.31 bits per heavy atom. The first-order chi connectivity index (χ1) is 7.86. The van der Waals surface area contributed by atoms with Gasteiger partial charge in [-0.3, -0.25) is 4.40 Å². The maximum atomic E-state index is 6.00. The molecule has 1 aliphatic heterocycles. The van der Waals surface area contributed by atoms with E-state index in [1.807, 2.05) is 12.4 Å². The van der Waals surface area contributed by atoms with Gasteiger partial charge in [0.2, 0.25) is 0 Å². The number of hydrogen-bond donors (Lipinski definition) is 1. The molecule has 0 radical (unpaired) electrons. The van der Waals surface area contributed by atoms with Crippen molar-refractivity contribution in [3.8, 4) is 0 Å². The van der Waals surface area contributed by atoms with Crippen LogP contribution in [0.4, 0.5) is 0 Å². The molecule has 16 heavy (non-hydrogen) atoms. The Labute approximate surface area is 98.0 Å². The number of imidazole rings is 1. The van der Waals surface area contributed by atoms with Crippen molar-refractivity contribution in [2.75, 3.05) is 19.8 Å². The van der Waals surface area contributed by atoms with Crippen molar-refractivity contribution < 1.29 is 4.74 Å². The zero-order valence-electron chi connectivity index (χ0n) is 9.06. The minimum atomic E-state index is 0.0806. The number of nitrogens with two attached hydrogens (primary N) is 1. The summed E-state index contributed by atoms with van der Waals surface area (Å²) in [5, 5.41) is 2.19. The van der Waals surface area contributed by atoms with E-state index in [0.717, 1.165) is 31.0 Å². The molecule has 2 aromatic heterocycles. The standard InChI is InChI=1S/C11H15N3OS/c12-8-11(1-5-15-6-2-11)9-7-16-10-13-3-4-14(9)10/h3-4,7H,1-2,5-6,8,12H2. The fraction of sp³-hybridized carbons (Fsp3) is 0.545. The molecule has 0 amide bonds. The Balaban J connectivity index is 2.09. The molecule has 1 saturated heterocycles. The average molecular weight is 237 g/mol. The molecule has 0 bridgehead atoms. The van der Waals surface area contributed by atoms with Gasteiger partial charge in [0, 0.05) is 48.6 Å². The van der Waals surface area contributed by atoms with E-state index in [-0.39, 0.29) is 5.41 Å². The molecule has 3 rings (SSSR count). The molecule has 0 atom stereocenters. The average Bonchev–Trinajstić information content (AvgIpc) is 2.91. The van der Waals surface area contributed by atoms with Crippen LogP contribution in [0.15, 0.2) is 17.8 Å². The molecule has 5 heteroatoms. The number of rotatable bonds is 2. The fourth-order valence-corrected chi connectivity index (χ4v) is 3.41. The Bertz CT molecular complexity index is 484. The summed E-state index contributed by atoms with van der Waals surface area (Å²) < 4.78 is 7.61. The SMILES string of the molecule is NCC1(c2csc3nccn23)CCOCC1. The lowest BCUT2D eigenvalue weighted by atomic mass is 9.78. The van der Waals surface area contributed by atoms with E-state index in [4.69, 9.17) is 10.5 Å². The summed E-state index contributed by atoms with van der Waals surface area (Å²) in [7, 11) is 0. The second-order valence-corrected chi connectivity index (χ2v) is 5.13. The summed E-state index contributed by atoms with van der Waals surface area (Å²) in [6.07, 6.45) is 5.88. The molecule has 0 saturated carbocycles. The van der Waals surface area contributed by atoms with Crippen LogP contribution >= 0.6 is 11.3 Å². The largest absolute Gasteiger partial charge is 0.381 e. The first kappa shape index (κ1) is 10.3. The molecule has 2 aromatic rings. The van der Waals surface area contributed by atoms with Crippen LogP contribution in [0.5, 0.6) is 0 Å². The van der Waals surface area contributed by atoms with Crippen LogP contribution in [0.1, 0.15) is 18.5 Å². The van der Waals surface area contributed by atoms with Gasteiger partial charge in [-0.2, -0.15) is 0 Å². The second-order valence-electron chi connectivity index (χ2n) is 4.30. The van der Waals surface area contributed by atoms with E-state index >= 15 is 0 Å². The van der Waals surface area contributed by atoms with Gasteiger partial charge in [-0.1, -0.05) is 0 Å². The van der Waals surface area contributed by atoms with Crippen LogP contribution in [-0.4, -0.2) is 29.1 Å². The second kappa shape index (κ2) is 3.84. The third kappa shape index (κ3) is 1.39. The lowest BCUT2D eigenvalue weighted by molar-refractivity contribution is 0.0513. The highest BCUT2D eigenvalue weighted by Gasteiger charge is 2.35. The summed E-state index contributed by atoms with van der Waals surface area (Å²) in [6.45, 7) is 2.30. The Hall–Kier alpha value is -0.910. The highest BCUT2D eigenvalue weighted by atomic mass is 32.1. The van der Waals surface area contributed by atoms with Gasteiger partial charge < -0.3 is 10.5 Å². The summed E-state index contributed by atoms with van der Waals surface area (Å²) in [5.41, 5.74) is 7.39. The molecule has 86 valence electrons. The van der Waals surface area contributed by atoms with E-state index in [2.05, 4.69) is 14.8 Å². The minimum absolute atomic E-state index is 0.0806. The van der Waals surface area contributed by atoms with Crippen molar-refractivity contribution in [1.29, 1.82) is 0 Å². The van der Waals surface area contributed by atoms with Crippen LogP contribution in [0, 0.1) is 0 Å². The molecule has 0 unspecified atom stereocenters. The molecule has 0 spiro atoms. The first-order valence-corrected chi connectivity index (χ1v) is 6.42. The van der Waals surface area contributed by atoms with E-state index in [9.17, 15) is 0 Å². The van der Waals surface area contributed by atoms with Crippen LogP contribution in [0.2, 0.25) is 0 Å². The predicted octanol–water partition coefficient (Wildman–Crippen LogP) is 1.40. The van der Waals surface area contributed by atoms with Crippen LogP contribution < -0.4 is 5.73 Å². The third-order valence-corrected chi connectivity index (χ3v) is 4.38. The lowest BCUT2D eigenvalue weighted by Gasteiger charge is -2.35. The maximum Gasteiger partial charge on any atom is 0.193 e. The summed E-state index contributed by atoms with van der Waals surface area (Å²) in [5.74, 6) is 0. The van der Waals surface area contributed by atoms with Gasteiger partial charge in [0.15, 0.2) is 4.96 Å². The molecular formula is C11H15N3OS. The number of fused-ring (bicyclic) bond motifs is 1. The van der Waals surface area contributed by atoms with Crippen molar-refractivity contribution in [3.63, 3.8) is 0 Å². The van der Waals surface area contributed by atoms with E-state index < -0.39 is 0 Å². The molecule has 1 fully saturated rings. The smallest absolute Gasteiger partial charge is 0.193 e. The van der Waals surface area contributed by atoms with E-state index in [0.29, 0.717) is 6.54 Å². The molecule has 0 aromatic carbocycles. The monoisotopic (exact) mass is 237 g/mol. The summed E-state index contributed by atoms with van der Waals surface area (Å²) >= 11 is 1.68. The zero-order chi connectivity index (χ0) is 11.0. The van der Waals surface area contributed by atoms with Gasteiger partial charge in [0.25, 0.3) is 0 Å². The lowest BCUT2D eigenvalue weighted by Crippen LogP contribution is -2.41. The van der Waals surface area contributed by atoms with Gasteiger partial charge >= 0.3 is 0 Å². The van der Waals surface area contributed by atoms with E-state index in [1.54, 1.807) is 11.3 Å². The Morgan fingerprint density at radius 1 is 1.50 bits per heavy atom. The van der Waals surface area contributed by atoms with Crippen LogP contribution in [-0.2, 0) is 10.2 Å². The van der Waals surface area contributed by atoms with Gasteiger partial charge in [-0.25, -0.2) is 4.98 Å². The number of thiazole rings is 1. The van der Waals surface area contributed by atoms with Gasteiger partial charge in [-0.05, 0) is 12.8 Å². The Morgan fingerprint density at radius 3 is 3.06 bits per heavy atom. The van der Waals surface area contributed by atoms with Crippen LogP contribution in [0.25, 0.3) is 4.96 Å². The van der Waals surface area contributed by atoms with Crippen molar-refractivity contribution >= 4 is 16.3 Å². The Kier molecular flexibility index (Phi) is 2.46. The fourth-order valence-electron chi connectivity index (χ4n) is 2.43. The van der Waals surface area contributed by atoms with Gasteiger partial charge in [0.1, 0.15) is 0 Å². The molecule has 2 N–H and O–H groups in total. The maximum absolute atomic E-state index is 6.00. The number of nitrogens with zero attached hydrogens (tertiary/aromatic N) is 2. The third-order valence-electron chi connectivity index (χ3n) is 3.53. The minimum Gasteiger partial charge on any atom is -0.381 e.